The van der Waals surface area contributed by atoms with Gasteiger partial charge in [0.25, 0.3) is 5.91 Å². The molecule has 2 aromatic rings. The molecule has 1 heterocycles. The molecular weight excluding hydrogens is 273 g/mol. The Morgan fingerprint density at radius 1 is 1.28 bits per heavy atom. The molecule has 6 heteroatoms. The highest BCUT2D eigenvalue weighted by Gasteiger charge is 2.06. The van der Waals surface area contributed by atoms with E-state index in [4.69, 9.17) is 23.2 Å². The first-order chi connectivity index (χ1) is 8.66. The normalized spacial score (nSPS) is 10.8. The topological polar surface area (TPSA) is 57.2 Å². The summed E-state index contributed by atoms with van der Waals surface area (Å²) in [4.78, 5) is 14.6. The minimum absolute atomic E-state index is 0.331. The van der Waals surface area contributed by atoms with Gasteiger partial charge in [-0.1, -0.05) is 23.2 Å². The molecule has 0 aliphatic heterocycles. The Hall–Kier alpha value is -1.78. The van der Waals surface area contributed by atoms with Gasteiger partial charge in [-0.2, -0.15) is 5.10 Å². The fourth-order valence-corrected chi connectivity index (χ4v) is 1.58. The minimum atomic E-state index is -0.351. The molecule has 2 N–H and O–H groups in total. The number of nitrogens with zero attached hydrogens (tertiary/aromatic N) is 1. The summed E-state index contributed by atoms with van der Waals surface area (Å²) in [7, 11) is 0. The summed E-state index contributed by atoms with van der Waals surface area (Å²) in [5.74, 6) is -0.351. The molecule has 92 valence electrons. The average Bonchev–Trinajstić information content (AvgIpc) is 2.85. The van der Waals surface area contributed by atoms with Crippen LogP contribution >= 0.6 is 23.2 Å². The molecule has 1 aromatic heterocycles. The summed E-state index contributed by atoms with van der Waals surface area (Å²) in [5, 5.41) is 4.55. The first-order valence-corrected chi connectivity index (χ1v) is 5.84. The largest absolute Gasteiger partial charge is 0.360 e. The maximum absolute atomic E-state index is 11.7. The van der Waals surface area contributed by atoms with Crippen LogP contribution in [0.25, 0.3) is 0 Å². The SMILES string of the molecule is O=C(N/N=C/c1ccc[nH]1)c1ccc(Cl)c(Cl)c1. The number of carbonyl (C=O) groups is 1. The van der Waals surface area contributed by atoms with Gasteiger partial charge in [0, 0.05) is 11.8 Å². The Morgan fingerprint density at radius 3 is 2.78 bits per heavy atom. The van der Waals surface area contributed by atoms with Crippen molar-refractivity contribution in [3.05, 3.63) is 57.8 Å². The number of H-pyrrole nitrogens is 1. The van der Waals surface area contributed by atoms with Gasteiger partial charge in [-0.25, -0.2) is 5.43 Å². The zero-order valence-corrected chi connectivity index (χ0v) is 10.7. The van der Waals surface area contributed by atoms with Crippen LogP contribution in [0.3, 0.4) is 0 Å². The van der Waals surface area contributed by atoms with Gasteiger partial charge >= 0.3 is 0 Å². The van der Waals surface area contributed by atoms with E-state index in [0.29, 0.717) is 15.6 Å². The molecule has 0 saturated heterocycles. The van der Waals surface area contributed by atoms with Crippen LogP contribution in [0.5, 0.6) is 0 Å². The van der Waals surface area contributed by atoms with Crippen molar-refractivity contribution >= 4 is 35.3 Å². The number of nitrogens with one attached hydrogen (secondary N) is 2. The van der Waals surface area contributed by atoms with Crippen molar-refractivity contribution in [3.8, 4) is 0 Å². The number of carbonyl (C=O) groups excluding carboxylic acids is 1. The van der Waals surface area contributed by atoms with E-state index >= 15 is 0 Å². The van der Waals surface area contributed by atoms with Gasteiger partial charge in [-0.05, 0) is 30.3 Å². The lowest BCUT2D eigenvalue weighted by Gasteiger charge is -2.01. The lowest BCUT2D eigenvalue weighted by atomic mass is 10.2. The molecule has 0 radical (unpaired) electrons. The number of hydrazone groups is 1. The van der Waals surface area contributed by atoms with Gasteiger partial charge in [0.05, 0.1) is 22.0 Å². The molecule has 1 aromatic carbocycles. The highest BCUT2D eigenvalue weighted by atomic mass is 35.5. The van der Waals surface area contributed by atoms with Crippen LogP contribution in [0.1, 0.15) is 16.1 Å². The first-order valence-electron chi connectivity index (χ1n) is 5.08. The summed E-state index contributed by atoms with van der Waals surface area (Å²) in [6.07, 6.45) is 3.28. The predicted octanol–water partition coefficient (Wildman–Crippen LogP) is 3.09. The lowest BCUT2D eigenvalue weighted by Crippen LogP contribution is -2.17. The van der Waals surface area contributed by atoms with Crippen molar-refractivity contribution in [2.45, 2.75) is 0 Å². The number of rotatable bonds is 3. The molecule has 2 rings (SSSR count). The van der Waals surface area contributed by atoms with Crippen molar-refractivity contribution in [3.63, 3.8) is 0 Å². The zero-order valence-electron chi connectivity index (χ0n) is 9.15. The number of aromatic nitrogens is 1. The number of aromatic amines is 1. The lowest BCUT2D eigenvalue weighted by molar-refractivity contribution is 0.0955. The fourth-order valence-electron chi connectivity index (χ4n) is 1.29. The van der Waals surface area contributed by atoms with Gasteiger partial charge < -0.3 is 4.98 Å². The van der Waals surface area contributed by atoms with E-state index in [9.17, 15) is 4.79 Å². The Morgan fingerprint density at radius 2 is 2.11 bits per heavy atom. The third-order valence-electron chi connectivity index (χ3n) is 2.17. The van der Waals surface area contributed by atoms with E-state index in [1.165, 1.54) is 12.3 Å². The van der Waals surface area contributed by atoms with E-state index in [1.54, 1.807) is 18.3 Å². The summed E-state index contributed by atoms with van der Waals surface area (Å²) in [6.45, 7) is 0. The van der Waals surface area contributed by atoms with Crippen LogP contribution in [0, 0.1) is 0 Å². The smallest absolute Gasteiger partial charge is 0.271 e. The highest BCUT2D eigenvalue weighted by Crippen LogP contribution is 2.22. The summed E-state index contributed by atoms with van der Waals surface area (Å²) < 4.78 is 0. The molecule has 0 bridgehead atoms. The number of halogens is 2. The van der Waals surface area contributed by atoms with Crippen LogP contribution in [-0.2, 0) is 0 Å². The third-order valence-corrected chi connectivity index (χ3v) is 2.91. The number of amides is 1. The van der Waals surface area contributed by atoms with Crippen molar-refractivity contribution in [2.75, 3.05) is 0 Å². The average molecular weight is 282 g/mol. The Bertz CT molecular complexity index is 579. The van der Waals surface area contributed by atoms with Crippen LogP contribution in [0.15, 0.2) is 41.6 Å². The van der Waals surface area contributed by atoms with Gasteiger partial charge in [0.15, 0.2) is 0 Å². The summed E-state index contributed by atoms with van der Waals surface area (Å²) in [5.41, 5.74) is 3.58. The number of hydrogen-bond donors (Lipinski definition) is 2. The van der Waals surface area contributed by atoms with Gasteiger partial charge in [0.1, 0.15) is 0 Å². The second-order valence-corrected chi connectivity index (χ2v) is 4.27. The second kappa shape index (κ2) is 5.71. The summed E-state index contributed by atoms with van der Waals surface area (Å²) >= 11 is 11.6. The third kappa shape index (κ3) is 3.12. The second-order valence-electron chi connectivity index (χ2n) is 3.45. The number of hydrogen-bond acceptors (Lipinski definition) is 2. The zero-order chi connectivity index (χ0) is 13.0. The minimum Gasteiger partial charge on any atom is -0.360 e. The molecule has 0 spiro atoms. The quantitative estimate of drug-likeness (QED) is 0.659. The van der Waals surface area contributed by atoms with E-state index in [2.05, 4.69) is 15.5 Å². The van der Waals surface area contributed by atoms with E-state index in [-0.39, 0.29) is 5.91 Å². The molecule has 0 atom stereocenters. The maximum atomic E-state index is 11.7. The van der Waals surface area contributed by atoms with Gasteiger partial charge in [-0.15, -0.1) is 0 Å². The van der Waals surface area contributed by atoms with E-state index in [1.807, 2.05) is 12.1 Å². The van der Waals surface area contributed by atoms with Crippen molar-refractivity contribution in [1.82, 2.24) is 10.4 Å². The Balaban J connectivity index is 2.01. The van der Waals surface area contributed by atoms with Gasteiger partial charge in [0.2, 0.25) is 0 Å². The van der Waals surface area contributed by atoms with Crippen LogP contribution in [-0.4, -0.2) is 17.1 Å². The van der Waals surface area contributed by atoms with Crippen molar-refractivity contribution < 1.29 is 4.79 Å². The maximum Gasteiger partial charge on any atom is 0.271 e. The molecule has 0 unspecified atom stereocenters. The van der Waals surface area contributed by atoms with Crippen molar-refractivity contribution in [2.24, 2.45) is 5.10 Å². The molecule has 0 aliphatic carbocycles. The van der Waals surface area contributed by atoms with E-state index in [0.717, 1.165) is 5.69 Å². The first kappa shape index (κ1) is 12.7. The Labute approximate surface area is 114 Å². The molecule has 1 amide bonds. The van der Waals surface area contributed by atoms with Gasteiger partial charge in [-0.3, -0.25) is 4.79 Å². The van der Waals surface area contributed by atoms with Crippen LogP contribution in [0.2, 0.25) is 10.0 Å². The molecule has 0 aliphatic rings. The molecule has 0 saturated carbocycles. The van der Waals surface area contributed by atoms with Crippen LogP contribution < -0.4 is 5.43 Å². The molecular formula is C12H9Cl2N3O. The molecule has 4 nitrogen and oxygen atoms in total. The highest BCUT2D eigenvalue weighted by molar-refractivity contribution is 6.42. The van der Waals surface area contributed by atoms with E-state index < -0.39 is 0 Å². The standard InChI is InChI=1S/C12H9Cl2N3O/c13-10-4-3-8(6-11(10)14)12(18)17-16-7-9-2-1-5-15-9/h1-7,15H,(H,17,18)/b16-7+. The Kier molecular flexibility index (Phi) is 4.02. The van der Waals surface area contributed by atoms with Crippen LogP contribution in [0.4, 0.5) is 0 Å². The molecule has 0 fully saturated rings. The fraction of sp³-hybridized carbons (Fsp3) is 0. The van der Waals surface area contributed by atoms with Crippen molar-refractivity contribution in [1.29, 1.82) is 0 Å². The molecule has 18 heavy (non-hydrogen) atoms. The monoisotopic (exact) mass is 281 g/mol. The predicted molar refractivity (Wildman–Crippen MR) is 72.3 cm³/mol. The number of benzene rings is 1. The summed E-state index contributed by atoms with van der Waals surface area (Å²) in [6, 6.07) is 8.29.